The molecule has 0 radical (unpaired) electrons. The van der Waals surface area contributed by atoms with Crippen LogP contribution in [0.5, 0.6) is 0 Å². The number of ether oxygens (including phenoxy) is 1. The number of hydrogen-bond donors (Lipinski definition) is 3. The molecule has 0 spiro atoms. The number of amides is 2. The summed E-state index contributed by atoms with van der Waals surface area (Å²) in [5, 5.41) is 14.4. The standard InChI is InChI=1S/C14H26N2O4/c1-14(2,6-3-12(17)18)7-8-15-13(19)16-11-4-9-20-10-5-11/h11H,3-10H2,1-2H3,(H,17,18)(H2,15,16,19). The maximum absolute atomic E-state index is 11.7. The van der Waals surface area contributed by atoms with E-state index in [0.717, 1.165) is 19.3 Å². The maximum Gasteiger partial charge on any atom is 0.315 e. The molecule has 116 valence electrons. The largest absolute Gasteiger partial charge is 0.481 e. The van der Waals surface area contributed by atoms with Crippen LogP contribution in [0.25, 0.3) is 0 Å². The molecule has 1 fully saturated rings. The molecule has 0 atom stereocenters. The summed E-state index contributed by atoms with van der Waals surface area (Å²) in [6.07, 6.45) is 3.27. The summed E-state index contributed by atoms with van der Waals surface area (Å²) in [4.78, 5) is 22.3. The fourth-order valence-corrected chi connectivity index (χ4v) is 2.16. The molecular weight excluding hydrogens is 260 g/mol. The average molecular weight is 286 g/mol. The molecule has 0 saturated carbocycles. The fraction of sp³-hybridized carbons (Fsp3) is 0.857. The van der Waals surface area contributed by atoms with Crippen molar-refractivity contribution in [3.05, 3.63) is 0 Å². The second-order valence-corrected chi connectivity index (χ2v) is 6.09. The Labute approximate surface area is 120 Å². The Kier molecular flexibility index (Phi) is 6.78. The quantitative estimate of drug-likeness (QED) is 0.665. The Balaban J connectivity index is 2.15. The molecular formula is C14H26N2O4. The highest BCUT2D eigenvalue weighted by Crippen LogP contribution is 2.25. The van der Waals surface area contributed by atoms with Crippen LogP contribution in [-0.4, -0.2) is 42.9 Å². The van der Waals surface area contributed by atoms with Gasteiger partial charge in [0.1, 0.15) is 0 Å². The van der Waals surface area contributed by atoms with E-state index >= 15 is 0 Å². The van der Waals surface area contributed by atoms with Crippen LogP contribution >= 0.6 is 0 Å². The molecule has 2 amide bonds. The van der Waals surface area contributed by atoms with Crippen LogP contribution in [0.3, 0.4) is 0 Å². The van der Waals surface area contributed by atoms with E-state index in [4.69, 9.17) is 9.84 Å². The van der Waals surface area contributed by atoms with Gasteiger partial charge in [0.25, 0.3) is 0 Å². The highest BCUT2D eigenvalue weighted by Gasteiger charge is 2.20. The van der Waals surface area contributed by atoms with Gasteiger partial charge in [-0.25, -0.2) is 4.79 Å². The van der Waals surface area contributed by atoms with Crippen molar-refractivity contribution in [3.8, 4) is 0 Å². The first kappa shape index (κ1) is 16.8. The van der Waals surface area contributed by atoms with E-state index < -0.39 is 5.97 Å². The first-order chi connectivity index (χ1) is 9.39. The van der Waals surface area contributed by atoms with Gasteiger partial charge in [-0.15, -0.1) is 0 Å². The number of carboxylic acid groups (broad SMARTS) is 1. The molecule has 3 N–H and O–H groups in total. The monoisotopic (exact) mass is 286 g/mol. The van der Waals surface area contributed by atoms with Crippen LogP contribution in [0.15, 0.2) is 0 Å². The number of rotatable bonds is 7. The molecule has 0 aromatic carbocycles. The summed E-state index contributed by atoms with van der Waals surface area (Å²) in [6.45, 7) is 6.00. The van der Waals surface area contributed by atoms with Crippen molar-refractivity contribution < 1.29 is 19.4 Å². The van der Waals surface area contributed by atoms with Crippen LogP contribution in [0.1, 0.15) is 46.0 Å². The van der Waals surface area contributed by atoms with Crippen LogP contribution in [-0.2, 0) is 9.53 Å². The molecule has 20 heavy (non-hydrogen) atoms. The summed E-state index contributed by atoms with van der Waals surface area (Å²) >= 11 is 0. The van der Waals surface area contributed by atoms with Gasteiger partial charge in [-0.1, -0.05) is 13.8 Å². The zero-order valence-corrected chi connectivity index (χ0v) is 12.4. The van der Waals surface area contributed by atoms with Crippen molar-refractivity contribution in [2.45, 2.75) is 52.0 Å². The zero-order chi connectivity index (χ0) is 15.0. The Bertz CT molecular complexity index is 325. The van der Waals surface area contributed by atoms with Crippen LogP contribution in [0.4, 0.5) is 4.79 Å². The lowest BCUT2D eigenvalue weighted by Crippen LogP contribution is -2.45. The van der Waals surface area contributed by atoms with E-state index in [1.54, 1.807) is 0 Å². The summed E-state index contributed by atoms with van der Waals surface area (Å²) in [5.41, 5.74) is -0.0790. The van der Waals surface area contributed by atoms with E-state index in [-0.39, 0.29) is 23.9 Å². The van der Waals surface area contributed by atoms with Crippen molar-refractivity contribution in [2.24, 2.45) is 5.41 Å². The minimum absolute atomic E-state index is 0.0790. The van der Waals surface area contributed by atoms with Gasteiger partial charge >= 0.3 is 12.0 Å². The zero-order valence-electron chi connectivity index (χ0n) is 12.4. The van der Waals surface area contributed by atoms with Gasteiger partial charge in [0.05, 0.1) is 0 Å². The van der Waals surface area contributed by atoms with Crippen molar-refractivity contribution in [1.29, 1.82) is 0 Å². The van der Waals surface area contributed by atoms with Gasteiger partial charge in [-0.2, -0.15) is 0 Å². The van der Waals surface area contributed by atoms with Crippen LogP contribution in [0.2, 0.25) is 0 Å². The molecule has 6 nitrogen and oxygen atoms in total. The molecule has 6 heteroatoms. The van der Waals surface area contributed by atoms with E-state index in [0.29, 0.717) is 26.2 Å². The number of aliphatic carboxylic acids is 1. The van der Waals surface area contributed by atoms with Crippen molar-refractivity contribution in [3.63, 3.8) is 0 Å². The molecule has 0 aromatic rings. The summed E-state index contributed by atoms with van der Waals surface area (Å²) in [5.74, 6) is -0.775. The predicted octanol–water partition coefficient (Wildman–Crippen LogP) is 1.75. The normalized spacial score (nSPS) is 16.7. The second kappa shape index (κ2) is 8.09. The Morgan fingerprint density at radius 1 is 1.25 bits per heavy atom. The summed E-state index contributed by atoms with van der Waals surface area (Å²) < 4.78 is 5.23. The van der Waals surface area contributed by atoms with Gasteiger partial charge in [0.15, 0.2) is 0 Å². The Morgan fingerprint density at radius 2 is 1.90 bits per heavy atom. The summed E-state index contributed by atoms with van der Waals surface area (Å²) in [6, 6.07) is 0.0507. The SMILES string of the molecule is CC(C)(CCNC(=O)NC1CCOCC1)CCC(=O)O. The number of carbonyl (C=O) groups excluding carboxylic acids is 1. The molecule has 1 rings (SSSR count). The Hall–Kier alpha value is -1.30. The molecule has 1 heterocycles. The first-order valence-corrected chi connectivity index (χ1v) is 7.23. The van der Waals surface area contributed by atoms with Crippen LogP contribution in [0, 0.1) is 5.41 Å². The Morgan fingerprint density at radius 3 is 2.50 bits per heavy atom. The van der Waals surface area contributed by atoms with Crippen molar-refractivity contribution in [2.75, 3.05) is 19.8 Å². The van der Waals surface area contributed by atoms with E-state index in [9.17, 15) is 9.59 Å². The number of nitrogens with one attached hydrogen (secondary N) is 2. The molecule has 0 aliphatic carbocycles. The van der Waals surface area contributed by atoms with Crippen molar-refractivity contribution in [1.82, 2.24) is 10.6 Å². The van der Waals surface area contributed by atoms with E-state index in [2.05, 4.69) is 10.6 Å². The van der Waals surface area contributed by atoms with Gasteiger partial charge in [-0.3, -0.25) is 4.79 Å². The first-order valence-electron chi connectivity index (χ1n) is 7.23. The molecule has 1 aliphatic heterocycles. The van der Waals surface area contributed by atoms with Gasteiger partial charge in [0, 0.05) is 32.2 Å². The van der Waals surface area contributed by atoms with Crippen molar-refractivity contribution >= 4 is 12.0 Å². The third kappa shape index (κ3) is 7.33. The number of hydrogen-bond acceptors (Lipinski definition) is 3. The molecule has 1 aliphatic rings. The lowest BCUT2D eigenvalue weighted by atomic mass is 9.84. The average Bonchev–Trinajstić information content (AvgIpc) is 2.37. The highest BCUT2D eigenvalue weighted by atomic mass is 16.5. The highest BCUT2D eigenvalue weighted by molar-refractivity contribution is 5.74. The van der Waals surface area contributed by atoms with E-state index in [1.807, 2.05) is 13.8 Å². The minimum Gasteiger partial charge on any atom is -0.481 e. The van der Waals surface area contributed by atoms with E-state index in [1.165, 1.54) is 0 Å². The predicted molar refractivity (Wildman–Crippen MR) is 75.6 cm³/mol. The smallest absolute Gasteiger partial charge is 0.315 e. The van der Waals surface area contributed by atoms with Gasteiger partial charge in [0.2, 0.25) is 0 Å². The molecule has 0 bridgehead atoms. The minimum atomic E-state index is -0.775. The van der Waals surface area contributed by atoms with Crippen LogP contribution < -0.4 is 10.6 Å². The number of carbonyl (C=O) groups is 2. The van der Waals surface area contributed by atoms with Gasteiger partial charge in [-0.05, 0) is 31.1 Å². The number of urea groups is 1. The topological polar surface area (TPSA) is 87.7 Å². The summed E-state index contributed by atoms with van der Waals surface area (Å²) in [7, 11) is 0. The maximum atomic E-state index is 11.7. The third-order valence-corrected chi connectivity index (χ3v) is 3.66. The second-order valence-electron chi connectivity index (χ2n) is 6.09. The molecule has 1 saturated heterocycles. The number of carboxylic acids is 1. The van der Waals surface area contributed by atoms with Gasteiger partial charge < -0.3 is 20.5 Å². The lowest BCUT2D eigenvalue weighted by Gasteiger charge is -2.25. The third-order valence-electron chi connectivity index (χ3n) is 3.66. The fourth-order valence-electron chi connectivity index (χ4n) is 2.16. The lowest BCUT2D eigenvalue weighted by molar-refractivity contribution is -0.137. The molecule has 0 aromatic heterocycles. The molecule has 0 unspecified atom stereocenters.